The van der Waals surface area contributed by atoms with E-state index in [2.05, 4.69) is 0 Å². The molecule has 0 radical (unpaired) electrons. The molecule has 2 aliphatic carbocycles. The molecule has 2 aliphatic rings. The summed E-state index contributed by atoms with van der Waals surface area (Å²) in [5.41, 5.74) is 3.68. The van der Waals surface area contributed by atoms with E-state index in [0.29, 0.717) is 44.5 Å². The zero-order valence-electron chi connectivity index (χ0n) is 47.3. The molecule has 8 aromatic rings. The minimum absolute atomic E-state index is 0.107. The Labute approximate surface area is 350 Å². The van der Waals surface area contributed by atoms with Crippen LogP contribution in [0.1, 0.15) is 49.7 Å². The normalized spacial score (nSPS) is 18.9. The van der Waals surface area contributed by atoms with Gasteiger partial charge in [0.2, 0.25) is 0 Å². The second kappa shape index (κ2) is 12.6. The molecule has 8 aromatic carbocycles. The average Bonchev–Trinajstić information content (AvgIpc) is 3.85. The molecule has 0 N–H and O–H groups in total. The van der Waals surface area contributed by atoms with Crippen LogP contribution in [0.2, 0.25) is 0 Å². The summed E-state index contributed by atoms with van der Waals surface area (Å²) in [5, 5.41) is -1.49. The fourth-order valence-corrected chi connectivity index (χ4v) is 14.0. The van der Waals surface area contributed by atoms with Gasteiger partial charge in [-0.3, -0.25) is 0 Å². The van der Waals surface area contributed by atoms with E-state index < -0.39 is 160 Å². The van der Waals surface area contributed by atoms with Crippen molar-refractivity contribution in [3.63, 3.8) is 0 Å². The van der Waals surface area contributed by atoms with Crippen molar-refractivity contribution in [1.82, 2.24) is 0 Å². The number of fused-ring (bicyclic) bond motifs is 10. The highest BCUT2D eigenvalue weighted by Crippen LogP contribution is 2.63. The van der Waals surface area contributed by atoms with E-state index >= 15 is 0 Å². The van der Waals surface area contributed by atoms with E-state index in [0.717, 1.165) is 0 Å². The number of rotatable bonds is 6. The molecule has 0 saturated carbocycles. The van der Waals surface area contributed by atoms with E-state index in [9.17, 15) is 11.0 Å². The molecule has 0 unspecified atom stereocenters. The molecule has 0 atom stereocenters. The molecule has 252 valence electrons. The highest BCUT2D eigenvalue weighted by Gasteiger charge is 2.52. The summed E-state index contributed by atoms with van der Waals surface area (Å²) < 4.78 is 178. The molecule has 0 amide bonds. The van der Waals surface area contributed by atoms with Crippen molar-refractivity contribution >= 4 is 67.5 Å². The predicted octanol–water partition coefficient (Wildman–Crippen LogP) is 9.54. The van der Waals surface area contributed by atoms with Gasteiger partial charge >= 0.3 is 0 Å². The van der Waals surface area contributed by atoms with Gasteiger partial charge in [0.25, 0.3) is 0 Å². The van der Waals surface area contributed by atoms with Gasteiger partial charge < -0.3 is 0 Å². The molecule has 0 saturated heterocycles. The van der Waals surface area contributed by atoms with Gasteiger partial charge in [-0.2, -0.15) is 0 Å². The lowest BCUT2D eigenvalue weighted by Crippen LogP contribution is -2.31. The van der Waals surface area contributed by atoms with Crippen molar-refractivity contribution in [1.29, 1.82) is 0 Å². The molecule has 53 heavy (non-hydrogen) atoms. The predicted molar refractivity (Wildman–Crippen MR) is 235 cm³/mol. The molecule has 0 aromatic heterocycles. The van der Waals surface area contributed by atoms with E-state index in [1.165, 1.54) is 0 Å². The summed E-state index contributed by atoms with van der Waals surface area (Å²) in [7, 11) is 0. The SMILES string of the molecule is [2H]c1c([2H])c([2H])c(P(=S)(c2ccc3c(c2)C2(c4ccccc4-3)c3ccccc3-c3ccc(P(=S)(c4c([2H])c([2H])c([2H])c([2H])c4[2H])c4c([2H])c([2H])c([2H])c([2H])c4[2H])cc32)c2c([2H])c([2H])c([2H])c([2H])c2[2H])c([2H])c1[2H]. The zero-order chi connectivity index (χ0) is 53.0. The van der Waals surface area contributed by atoms with E-state index in [-0.39, 0.29) is 10.6 Å². The lowest BCUT2D eigenvalue weighted by molar-refractivity contribution is 0.795. The summed E-state index contributed by atoms with van der Waals surface area (Å²) in [6.45, 7) is 0. The van der Waals surface area contributed by atoms with Crippen molar-refractivity contribution < 1.29 is 27.4 Å². The van der Waals surface area contributed by atoms with Gasteiger partial charge in [-0.25, -0.2) is 0 Å². The van der Waals surface area contributed by atoms with Crippen LogP contribution in [0.5, 0.6) is 0 Å². The number of hydrogen-bond acceptors (Lipinski definition) is 2. The van der Waals surface area contributed by atoms with Crippen molar-refractivity contribution in [2.24, 2.45) is 0 Å². The first-order valence-electron chi connectivity index (χ1n) is 26.3. The van der Waals surface area contributed by atoms with Gasteiger partial charge in [-0.15, -0.1) is 0 Å². The summed E-state index contributed by atoms with van der Waals surface area (Å²) >= 11 is 13.3. The van der Waals surface area contributed by atoms with E-state index in [1.54, 1.807) is 36.4 Å². The Balaban J connectivity index is 1.38. The highest BCUT2D eigenvalue weighted by molar-refractivity contribution is 8.26. The average molecular weight is 769 g/mol. The van der Waals surface area contributed by atoms with E-state index in [1.807, 2.05) is 48.5 Å². The molecule has 10 rings (SSSR count). The molecule has 0 aliphatic heterocycles. The Morgan fingerprint density at radius 2 is 0.642 bits per heavy atom. The van der Waals surface area contributed by atoms with Crippen LogP contribution in [-0.2, 0) is 29.0 Å². The fraction of sp³-hybridized carbons (Fsp3) is 0.0204. The van der Waals surface area contributed by atoms with Crippen molar-refractivity contribution in [3.8, 4) is 22.3 Å². The summed E-state index contributed by atoms with van der Waals surface area (Å²) in [6, 6.07) is 1.58. The van der Waals surface area contributed by atoms with Gasteiger partial charge in [0.05, 0.1) is 32.8 Å². The third-order valence-electron chi connectivity index (χ3n) is 9.99. The Hall–Kier alpha value is -4.94. The topological polar surface area (TPSA) is 0 Å². The molecule has 1 spiro atoms. The van der Waals surface area contributed by atoms with Crippen molar-refractivity contribution in [2.45, 2.75) is 5.41 Å². The molecule has 0 fully saturated rings. The van der Waals surface area contributed by atoms with Crippen LogP contribution < -0.4 is 31.8 Å². The minimum Gasteiger partial charge on any atom is -0.0826 e. The van der Waals surface area contributed by atoms with Gasteiger partial charge in [-0.1, -0.05) is 217 Å². The fourth-order valence-electron chi connectivity index (χ4n) is 7.85. The van der Waals surface area contributed by atoms with Crippen LogP contribution in [-0.4, -0.2) is 0 Å². The van der Waals surface area contributed by atoms with Crippen molar-refractivity contribution in [3.05, 3.63) is 228 Å². The third kappa shape index (κ3) is 4.67. The lowest BCUT2D eigenvalue weighted by atomic mass is 9.70. The zero-order valence-corrected chi connectivity index (χ0v) is 30.7. The van der Waals surface area contributed by atoms with Crippen LogP contribution in [0, 0.1) is 0 Å². The summed E-state index contributed by atoms with van der Waals surface area (Å²) in [4.78, 5) is 0. The van der Waals surface area contributed by atoms with Gasteiger partial charge in [0, 0.05) is 12.1 Å². The first-order chi connectivity index (χ1) is 34.3. The molecule has 0 nitrogen and oxygen atoms in total. The second-order valence-electron chi connectivity index (χ2n) is 12.4. The Bertz CT molecular complexity index is 3450. The second-order valence-corrected chi connectivity index (χ2v) is 21.0. The highest BCUT2D eigenvalue weighted by atomic mass is 32.4. The van der Waals surface area contributed by atoms with Crippen LogP contribution >= 0.6 is 12.1 Å². The van der Waals surface area contributed by atoms with Gasteiger partial charge in [-0.05, 0) is 88.5 Å². The minimum atomic E-state index is -4.35. The Kier molecular flexibility index (Phi) is 4.26. The van der Waals surface area contributed by atoms with Crippen LogP contribution in [0.25, 0.3) is 22.3 Å². The molecule has 4 heteroatoms. The summed E-state index contributed by atoms with van der Waals surface area (Å²) in [6.07, 6.45) is 0. The molecule has 0 bridgehead atoms. The quantitative estimate of drug-likeness (QED) is 0.155. The largest absolute Gasteiger partial charge is 0.0826 e. The van der Waals surface area contributed by atoms with Crippen LogP contribution in [0.4, 0.5) is 0 Å². The maximum absolute atomic E-state index is 9.26. The maximum atomic E-state index is 9.26. The van der Waals surface area contributed by atoms with Gasteiger partial charge in [0.15, 0.2) is 0 Å². The maximum Gasteiger partial charge on any atom is 0.0726 e. The first kappa shape index (κ1) is 17.9. The standard InChI is InChI=1S/C49H34P2S2/c52-50(35-17-5-1-6-18-35,36-19-7-2-8-20-36)39-29-31-43-41-25-13-15-27-45(41)49(47(43)33-39)46-28-16-14-26-42(46)44-32-30-40(34-48(44)49)51(53,37-21-9-3-10-22-37)38-23-11-4-12-24-38/h1-34H/i1D,2D,3D,4D,5D,6D,7D,8D,9D,10D,11D,12D,17D,18D,19D,20D,21D,22D,23D,24D. The Morgan fingerprint density at radius 3 is 0.981 bits per heavy atom. The van der Waals surface area contributed by atoms with Crippen LogP contribution in [0.15, 0.2) is 206 Å². The summed E-state index contributed by atoms with van der Waals surface area (Å²) in [5.74, 6) is 0. The lowest BCUT2D eigenvalue weighted by Gasteiger charge is -2.33. The van der Waals surface area contributed by atoms with E-state index in [4.69, 9.17) is 40.1 Å². The third-order valence-corrected chi connectivity index (χ3v) is 18.9. The van der Waals surface area contributed by atoms with Crippen molar-refractivity contribution in [2.75, 3.05) is 0 Å². The van der Waals surface area contributed by atoms with Gasteiger partial charge in [0.1, 0.15) is 0 Å². The molecule has 0 heterocycles. The monoisotopic (exact) mass is 768 g/mol. The number of hydrogen-bond donors (Lipinski definition) is 0. The molecular weight excluding hydrogens is 715 g/mol. The smallest absolute Gasteiger partial charge is 0.0726 e. The Morgan fingerprint density at radius 1 is 0.340 bits per heavy atom. The number of benzene rings is 8. The first-order valence-corrected chi connectivity index (χ1v) is 21.9. The molecular formula is C49H34P2S2. The van der Waals surface area contributed by atoms with Crippen LogP contribution in [0.3, 0.4) is 0 Å².